The standard InChI is InChI=1S/C15H22O4/c1-9(2)10-6-11(14(19-5)12(16)7-10)15(3,4)8-13(17)18/h6-7,9,16H,8H2,1-5H3,(H,17,18). The Morgan fingerprint density at radius 3 is 2.37 bits per heavy atom. The van der Waals surface area contributed by atoms with Crippen LogP contribution in [0, 0.1) is 0 Å². The Bertz CT molecular complexity index is 475. The van der Waals surface area contributed by atoms with Crippen LogP contribution in [0.3, 0.4) is 0 Å². The van der Waals surface area contributed by atoms with E-state index in [1.54, 1.807) is 6.07 Å². The maximum atomic E-state index is 11.0. The molecule has 0 saturated carbocycles. The van der Waals surface area contributed by atoms with Crippen LogP contribution in [0.1, 0.15) is 51.2 Å². The molecule has 4 heteroatoms. The average Bonchev–Trinajstić information content (AvgIpc) is 2.25. The van der Waals surface area contributed by atoms with Crippen molar-refractivity contribution < 1.29 is 19.7 Å². The minimum Gasteiger partial charge on any atom is -0.504 e. The smallest absolute Gasteiger partial charge is 0.304 e. The van der Waals surface area contributed by atoms with Crippen LogP contribution in [0.2, 0.25) is 0 Å². The topological polar surface area (TPSA) is 66.8 Å². The van der Waals surface area contributed by atoms with E-state index in [1.807, 2.05) is 33.8 Å². The van der Waals surface area contributed by atoms with E-state index in [2.05, 4.69) is 0 Å². The van der Waals surface area contributed by atoms with Crippen molar-refractivity contribution in [1.82, 2.24) is 0 Å². The first-order valence-electron chi connectivity index (χ1n) is 6.32. The van der Waals surface area contributed by atoms with E-state index in [4.69, 9.17) is 9.84 Å². The largest absolute Gasteiger partial charge is 0.504 e. The Morgan fingerprint density at radius 1 is 1.37 bits per heavy atom. The normalized spacial score (nSPS) is 11.7. The van der Waals surface area contributed by atoms with Crippen LogP contribution in [0.4, 0.5) is 0 Å². The van der Waals surface area contributed by atoms with Gasteiger partial charge in [-0.05, 0) is 17.5 Å². The maximum Gasteiger partial charge on any atom is 0.304 e. The molecule has 106 valence electrons. The molecule has 0 aromatic heterocycles. The molecule has 0 aliphatic carbocycles. The van der Waals surface area contributed by atoms with Gasteiger partial charge in [-0.15, -0.1) is 0 Å². The number of carboxylic acid groups (broad SMARTS) is 1. The van der Waals surface area contributed by atoms with Gasteiger partial charge in [-0.2, -0.15) is 0 Å². The summed E-state index contributed by atoms with van der Waals surface area (Å²) in [7, 11) is 1.48. The molecule has 2 N–H and O–H groups in total. The number of aliphatic carboxylic acids is 1. The third-order valence-corrected chi connectivity index (χ3v) is 3.28. The number of carbonyl (C=O) groups is 1. The highest BCUT2D eigenvalue weighted by Gasteiger charge is 2.29. The minimum atomic E-state index is -0.874. The van der Waals surface area contributed by atoms with Crippen LogP contribution >= 0.6 is 0 Å². The van der Waals surface area contributed by atoms with Crippen molar-refractivity contribution in [3.63, 3.8) is 0 Å². The minimum absolute atomic E-state index is 0.0235. The van der Waals surface area contributed by atoms with Gasteiger partial charge >= 0.3 is 5.97 Å². The zero-order valence-electron chi connectivity index (χ0n) is 12.2. The maximum absolute atomic E-state index is 11.0. The average molecular weight is 266 g/mol. The number of hydrogen-bond acceptors (Lipinski definition) is 3. The number of benzene rings is 1. The van der Waals surface area contributed by atoms with E-state index >= 15 is 0 Å². The van der Waals surface area contributed by atoms with Crippen LogP contribution in [0.15, 0.2) is 12.1 Å². The molecule has 0 atom stereocenters. The Balaban J connectivity index is 3.42. The van der Waals surface area contributed by atoms with Crippen LogP contribution in [0.25, 0.3) is 0 Å². The van der Waals surface area contributed by atoms with E-state index in [-0.39, 0.29) is 18.1 Å². The second-order valence-corrected chi connectivity index (χ2v) is 5.73. The van der Waals surface area contributed by atoms with Crippen LogP contribution in [-0.2, 0) is 10.2 Å². The zero-order chi connectivity index (χ0) is 14.8. The Labute approximate surface area is 114 Å². The van der Waals surface area contributed by atoms with E-state index in [1.165, 1.54) is 7.11 Å². The van der Waals surface area contributed by atoms with Gasteiger partial charge in [-0.1, -0.05) is 33.8 Å². The van der Waals surface area contributed by atoms with Gasteiger partial charge in [0.05, 0.1) is 13.5 Å². The second-order valence-electron chi connectivity index (χ2n) is 5.73. The fourth-order valence-electron chi connectivity index (χ4n) is 2.16. The van der Waals surface area contributed by atoms with Crippen molar-refractivity contribution in [2.24, 2.45) is 0 Å². The number of aromatic hydroxyl groups is 1. The van der Waals surface area contributed by atoms with Gasteiger partial charge in [-0.25, -0.2) is 0 Å². The van der Waals surface area contributed by atoms with Crippen molar-refractivity contribution in [2.75, 3.05) is 7.11 Å². The number of phenols is 1. The molecule has 0 fully saturated rings. The van der Waals surface area contributed by atoms with Crippen molar-refractivity contribution in [3.8, 4) is 11.5 Å². The monoisotopic (exact) mass is 266 g/mol. The van der Waals surface area contributed by atoms with Gasteiger partial charge in [-0.3, -0.25) is 4.79 Å². The third kappa shape index (κ3) is 3.40. The summed E-state index contributed by atoms with van der Waals surface area (Å²) in [6.45, 7) is 7.72. The van der Waals surface area contributed by atoms with Crippen LogP contribution < -0.4 is 4.74 Å². The Hall–Kier alpha value is -1.71. The number of phenolic OH excluding ortho intramolecular Hbond substituents is 1. The molecule has 1 aromatic carbocycles. The molecule has 0 amide bonds. The first-order chi connectivity index (χ1) is 8.69. The summed E-state index contributed by atoms with van der Waals surface area (Å²) in [5.41, 5.74) is 1.08. The molecule has 0 bridgehead atoms. The summed E-state index contributed by atoms with van der Waals surface area (Å²) in [5, 5.41) is 19.1. The predicted molar refractivity (Wildman–Crippen MR) is 74.0 cm³/mol. The molecule has 0 spiro atoms. The fourth-order valence-corrected chi connectivity index (χ4v) is 2.16. The highest BCUT2D eigenvalue weighted by atomic mass is 16.5. The molecule has 0 radical (unpaired) electrons. The molecule has 0 heterocycles. The molecule has 0 unspecified atom stereocenters. The van der Waals surface area contributed by atoms with E-state index < -0.39 is 11.4 Å². The lowest BCUT2D eigenvalue weighted by atomic mass is 9.79. The van der Waals surface area contributed by atoms with Crippen LogP contribution in [0.5, 0.6) is 11.5 Å². The zero-order valence-corrected chi connectivity index (χ0v) is 12.2. The van der Waals surface area contributed by atoms with Crippen molar-refractivity contribution in [1.29, 1.82) is 0 Å². The number of methoxy groups -OCH3 is 1. The highest BCUT2D eigenvalue weighted by Crippen LogP contribution is 2.41. The summed E-state index contributed by atoms with van der Waals surface area (Å²) in [4.78, 5) is 11.0. The van der Waals surface area contributed by atoms with Gasteiger partial charge < -0.3 is 14.9 Å². The quantitative estimate of drug-likeness (QED) is 0.858. The van der Waals surface area contributed by atoms with Gasteiger partial charge in [0.15, 0.2) is 11.5 Å². The molecule has 1 rings (SSSR count). The Morgan fingerprint density at radius 2 is 1.95 bits per heavy atom. The van der Waals surface area contributed by atoms with Crippen molar-refractivity contribution in [2.45, 2.75) is 45.4 Å². The number of ether oxygens (including phenoxy) is 1. The first-order valence-corrected chi connectivity index (χ1v) is 6.32. The lowest BCUT2D eigenvalue weighted by Crippen LogP contribution is -2.22. The summed E-state index contributed by atoms with van der Waals surface area (Å²) in [5.74, 6) is -0.213. The highest BCUT2D eigenvalue weighted by molar-refractivity contribution is 5.69. The molecule has 1 aromatic rings. The van der Waals surface area contributed by atoms with E-state index in [0.717, 1.165) is 11.1 Å². The second kappa shape index (κ2) is 5.51. The number of rotatable bonds is 5. The third-order valence-electron chi connectivity index (χ3n) is 3.28. The first kappa shape index (κ1) is 15.3. The lowest BCUT2D eigenvalue weighted by Gasteiger charge is -2.27. The molecule has 4 nitrogen and oxygen atoms in total. The lowest BCUT2D eigenvalue weighted by molar-refractivity contribution is -0.138. The Kier molecular flexibility index (Phi) is 4.45. The molecule has 0 aliphatic heterocycles. The van der Waals surface area contributed by atoms with Gasteiger partial charge in [0.1, 0.15) is 0 Å². The predicted octanol–water partition coefficient (Wildman–Crippen LogP) is 3.28. The number of hydrogen-bond donors (Lipinski definition) is 2. The van der Waals surface area contributed by atoms with Gasteiger partial charge in [0.25, 0.3) is 0 Å². The molecule has 0 aliphatic rings. The van der Waals surface area contributed by atoms with Crippen molar-refractivity contribution >= 4 is 5.97 Å². The summed E-state index contributed by atoms with van der Waals surface area (Å²) in [6.07, 6.45) is -0.0235. The summed E-state index contributed by atoms with van der Waals surface area (Å²) in [6, 6.07) is 3.59. The van der Waals surface area contributed by atoms with E-state index in [0.29, 0.717) is 5.75 Å². The summed E-state index contributed by atoms with van der Waals surface area (Å²) < 4.78 is 5.24. The van der Waals surface area contributed by atoms with Gasteiger partial charge in [0, 0.05) is 11.0 Å². The van der Waals surface area contributed by atoms with E-state index in [9.17, 15) is 9.90 Å². The van der Waals surface area contributed by atoms with Crippen LogP contribution in [-0.4, -0.2) is 23.3 Å². The van der Waals surface area contributed by atoms with Crippen molar-refractivity contribution in [3.05, 3.63) is 23.3 Å². The molecule has 0 saturated heterocycles. The van der Waals surface area contributed by atoms with Gasteiger partial charge in [0.2, 0.25) is 0 Å². The SMILES string of the molecule is COc1c(O)cc(C(C)C)cc1C(C)(C)CC(=O)O. The molecule has 19 heavy (non-hydrogen) atoms. The molecular weight excluding hydrogens is 244 g/mol. The summed E-state index contributed by atoms with van der Waals surface area (Å²) >= 11 is 0. The molecular formula is C15H22O4. The number of carboxylic acids is 1. The fraction of sp³-hybridized carbons (Fsp3) is 0.533.